The molecule has 0 spiro atoms. The largest absolute Gasteiger partial charge is 0.322 e. The molecule has 3 rings (SSSR count). The third kappa shape index (κ3) is 3.17. The molecule has 2 N–H and O–H groups in total. The van der Waals surface area contributed by atoms with E-state index in [1.54, 1.807) is 18.2 Å². The van der Waals surface area contributed by atoms with E-state index in [1.165, 1.54) is 25.0 Å². The molecule has 0 unspecified atom stereocenters. The molecule has 2 aromatic rings. The monoisotopic (exact) mass is 285 g/mol. The lowest BCUT2D eigenvalue weighted by Gasteiger charge is -2.05. The highest BCUT2D eigenvalue weighted by atomic mass is 16.6. The van der Waals surface area contributed by atoms with Crippen LogP contribution in [-0.2, 0) is 6.54 Å². The van der Waals surface area contributed by atoms with Crippen molar-refractivity contribution in [2.45, 2.75) is 25.4 Å². The number of hydrogen-bond acceptors (Lipinski definition) is 4. The van der Waals surface area contributed by atoms with Crippen LogP contribution in [0.1, 0.15) is 18.4 Å². The molecule has 1 heterocycles. The number of rotatable bonds is 5. The number of aromatic amines is 1. The molecule has 0 bridgehead atoms. The first-order valence-corrected chi connectivity index (χ1v) is 6.84. The van der Waals surface area contributed by atoms with Crippen LogP contribution in [0, 0.1) is 10.1 Å². The predicted octanol–water partition coefficient (Wildman–Crippen LogP) is 2.20. The molecule has 6 nitrogen and oxygen atoms in total. The van der Waals surface area contributed by atoms with Gasteiger partial charge < -0.3 is 10.3 Å². The zero-order valence-corrected chi connectivity index (χ0v) is 11.3. The van der Waals surface area contributed by atoms with Gasteiger partial charge >= 0.3 is 0 Å². The van der Waals surface area contributed by atoms with Gasteiger partial charge in [-0.2, -0.15) is 0 Å². The summed E-state index contributed by atoms with van der Waals surface area (Å²) in [6.07, 6.45) is 2.36. The number of nitrogens with zero attached hydrogens (tertiary/aromatic N) is 1. The number of benzene rings is 1. The average molecular weight is 285 g/mol. The minimum atomic E-state index is -0.445. The first kappa shape index (κ1) is 13.5. The Labute approximate surface area is 121 Å². The van der Waals surface area contributed by atoms with E-state index in [9.17, 15) is 14.9 Å². The minimum absolute atomic E-state index is 0.0337. The van der Waals surface area contributed by atoms with Crippen molar-refractivity contribution >= 4 is 5.69 Å². The fourth-order valence-corrected chi connectivity index (χ4v) is 2.12. The van der Waals surface area contributed by atoms with E-state index in [0.717, 1.165) is 5.56 Å². The fraction of sp³-hybridized carbons (Fsp3) is 0.267. The van der Waals surface area contributed by atoms with Crippen LogP contribution < -0.4 is 10.9 Å². The molecule has 1 aliphatic rings. The topological polar surface area (TPSA) is 88.0 Å². The van der Waals surface area contributed by atoms with Crippen LogP contribution in [0.3, 0.4) is 0 Å². The lowest BCUT2D eigenvalue weighted by atomic mass is 10.1. The molecule has 6 heteroatoms. The first-order chi connectivity index (χ1) is 10.1. The summed E-state index contributed by atoms with van der Waals surface area (Å²) in [6, 6.07) is 10.3. The summed E-state index contributed by atoms with van der Waals surface area (Å²) < 4.78 is 0. The second kappa shape index (κ2) is 5.49. The zero-order chi connectivity index (χ0) is 14.8. The number of non-ortho nitro benzene ring substituents is 1. The molecule has 1 saturated carbocycles. The molecule has 1 aromatic heterocycles. The Morgan fingerprint density at radius 1 is 1.19 bits per heavy atom. The number of nitrogens with one attached hydrogen (secondary N) is 2. The fourth-order valence-electron chi connectivity index (χ4n) is 2.12. The van der Waals surface area contributed by atoms with Gasteiger partial charge in [0.05, 0.1) is 4.92 Å². The maximum atomic E-state index is 12.0. The summed E-state index contributed by atoms with van der Waals surface area (Å²) in [5.41, 5.74) is 2.02. The highest BCUT2D eigenvalue weighted by Crippen LogP contribution is 2.21. The van der Waals surface area contributed by atoms with Crippen molar-refractivity contribution in [1.82, 2.24) is 10.3 Å². The van der Waals surface area contributed by atoms with Gasteiger partial charge in [0.2, 0.25) is 0 Å². The van der Waals surface area contributed by atoms with Gasteiger partial charge in [-0.15, -0.1) is 0 Å². The van der Waals surface area contributed by atoms with Gasteiger partial charge in [0.25, 0.3) is 11.2 Å². The molecule has 0 amide bonds. The molecule has 108 valence electrons. The highest BCUT2D eigenvalue weighted by Gasteiger charge is 2.20. The molecular weight excluding hydrogens is 270 g/mol. The normalized spacial score (nSPS) is 14.1. The summed E-state index contributed by atoms with van der Waals surface area (Å²) in [5, 5.41) is 13.9. The summed E-state index contributed by atoms with van der Waals surface area (Å²) in [4.78, 5) is 25.0. The molecule has 0 radical (unpaired) electrons. The molecule has 1 aromatic carbocycles. The number of aromatic nitrogens is 1. The Morgan fingerprint density at radius 2 is 1.90 bits per heavy atom. The van der Waals surface area contributed by atoms with Crippen molar-refractivity contribution in [2.75, 3.05) is 0 Å². The van der Waals surface area contributed by atoms with E-state index in [1.807, 2.05) is 6.07 Å². The van der Waals surface area contributed by atoms with Crippen LogP contribution in [0.5, 0.6) is 0 Å². The van der Waals surface area contributed by atoms with Crippen molar-refractivity contribution in [3.05, 3.63) is 62.4 Å². The van der Waals surface area contributed by atoms with Gasteiger partial charge in [0.1, 0.15) is 0 Å². The van der Waals surface area contributed by atoms with Crippen LogP contribution in [0.15, 0.2) is 41.2 Å². The van der Waals surface area contributed by atoms with Gasteiger partial charge in [0.15, 0.2) is 0 Å². The molecule has 0 saturated heterocycles. The third-order valence-corrected chi connectivity index (χ3v) is 3.54. The van der Waals surface area contributed by atoms with Crippen molar-refractivity contribution in [3.63, 3.8) is 0 Å². The van der Waals surface area contributed by atoms with Crippen LogP contribution >= 0.6 is 0 Å². The van der Waals surface area contributed by atoms with Gasteiger partial charge in [-0.25, -0.2) is 0 Å². The van der Waals surface area contributed by atoms with Crippen LogP contribution in [0.25, 0.3) is 11.3 Å². The first-order valence-electron chi connectivity index (χ1n) is 6.84. The summed E-state index contributed by atoms with van der Waals surface area (Å²) in [7, 11) is 0. The van der Waals surface area contributed by atoms with E-state index in [2.05, 4.69) is 10.3 Å². The van der Waals surface area contributed by atoms with Crippen LogP contribution in [0.4, 0.5) is 5.69 Å². The Morgan fingerprint density at radius 3 is 2.48 bits per heavy atom. The Hall–Kier alpha value is -2.47. The summed E-state index contributed by atoms with van der Waals surface area (Å²) in [5.74, 6) is 0. The minimum Gasteiger partial charge on any atom is -0.322 e. The number of nitro benzene ring substituents is 1. The van der Waals surface area contributed by atoms with Crippen LogP contribution in [0.2, 0.25) is 0 Å². The van der Waals surface area contributed by atoms with Crippen molar-refractivity contribution in [2.24, 2.45) is 0 Å². The third-order valence-electron chi connectivity index (χ3n) is 3.54. The molecule has 1 fully saturated rings. The number of H-pyrrole nitrogens is 1. The van der Waals surface area contributed by atoms with Gasteiger partial charge in [-0.3, -0.25) is 14.9 Å². The second-order valence-corrected chi connectivity index (χ2v) is 5.19. The quantitative estimate of drug-likeness (QED) is 0.651. The van der Waals surface area contributed by atoms with Crippen LogP contribution in [-0.4, -0.2) is 15.9 Å². The molecule has 21 heavy (non-hydrogen) atoms. The second-order valence-electron chi connectivity index (χ2n) is 5.19. The smallest absolute Gasteiger partial charge is 0.269 e. The highest BCUT2D eigenvalue weighted by molar-refractivity contribution is 5.60. The van der Waals surface area contributed by atoms with E-state index < -0.39 is 4.92 Å². The van der Waals surface area contributed by atoms with E-state index >= 15 is 0 Å². The molecule has 0 aliphatic heterocycles. The number of nitro groups is 1. The zero-order valence-electron chi connectivity index (χ0n) is 11.3. The van der Waals surface area contributed by atoms with Gasteiger partial charge in [-0.05, 0) is 36.6 Å². The standard InChI is InChI=1S/C15H15N3O3/c19-15-11(9-16-12-4-5-12)3-8-14(17-15)10-1-6-13(7-2-10)18(20)21/h1-3,6-8,12,16H,4-5,9H2,(H,17,19). The number of pyridine rings is 1. The predicted molar refractivity (Wildman–Crippen MR) is 79.0 cm³/mol. The van der Waals surface area contributed by atoms with Crippen molar-refractivity contribution < 1.29 is 4.92 Å². The van der Waals surface area contributed by atoms with Crippen molar-refractivity contribution in [1.29, 1.82) is 0 Å². The summed E-state index contributed by atoms with van der Waals surface area (Å²) >= 11 is 0. The lowest BCUT2D eigenvalue weighted by Crippen LogP contribution is -2.22. The van der Waals surface area contributed by atoms with Crippen molar-refractivity contribution in [3.8, 4) is 11.3 Å². The molecule has 1 aliphatic carbocycles. The molecule has 0 atom stereocenters. The Kier molecular flexibility index (Phi) is 3.53. The van der Waals surface area contributed by atoms with E-state index in [0.29, 0.717) is 23.8 Å². The maximum absolute atomic E-state index is 12.0. The van der Waals surface area contributed by atoms with Gasteiger partial charge in [0, 0.05) is 36.0 Å². The maximum Gasteiger partial charge on any atom is 0.269 e. The Balaban J connectivity index is 1.80. The molecular formula is C15H15N3O3. The van der Waals surface area contributed by atoms with E-state index in [4.69, 9.17) is 0 Å². The Bertz CT molecular complexity index is 718. The average Bonchev–Trinajstić information content (AvgIpc) is 3.30. The lowest BCUT2D eigenvalue weighted by molar-refractivity contribution is -0.384. The SMILES string of the molecule is O=c1[nH]c(-c2ccc([N+](=O)[O-])cc2)ccc1CNC1CC1. The number of hydrogen-bond donors (Lipinski definition) is 2. The van der Waals surface area contributed by atoms with Gasteiger partial charge in [-0.1, -0.05) is 6.07 Å². The summed E-state index contributed by atoms with van der Waals surface area (Å²) in [6.45, 7) is 0.570. The van der Waals surface area contributed by atoms with E-state index in [-0.39, 0.29) is 11.2 Å².